The number of ether oxygens (including phenoxy) is 1. The Labute approximate surface area is 113 Å². The molecule has 2 N–H and O–H groups in total. The van der Waals surface area contributed by atoms with Crippen LogP contribution < -0.4 is 5.32 Å². The summed E-state index contributed by atoms with van der Waals surface area (Å²) in [6.45, 7) is 0.909. The number of aromatic hydroxyl groups is 1. The van der Waals surface area contributed by atoms with Crippen molar-refractivity contribution in [2.75, 3.05) is 20.3 Å². The molecule has 0 saturated carbocycles. The topological polar surface area (TPSA) is 58.6 Å². The van der Waals surface area contributed by atoms with Gasteiger partial charge in [0.05, 0.1) is 22.0 Å². The maximum atomic E-state index is 11.8. The number of amides is 1. The molecule has 0 heterocycles. The van der Waals surface area contributed by atoms with Crippen LogP contribution in [0.5, 0.6) is 5.75 Å². The predicted octanol–water partition coefficient (Wildman–Crippen LogP) is 2.19. The molecule has 1 aromatic rings. The van der Waals surface area contributed by atoms with Crippen molar-refractivity contribution in [1.82, 2.24) is 5.32 Å². The monoisotopic (exact) mass is 321 g/mol. The van der Waals surface area contributed by atoms with E-state index in [1.165, 1.54) is 18.2 Å². The smallest absolute Gasteiger partial charge is 0.252 e. The van der Waals surface area contributed by atoms with E-state index in [9.17, 15) is 9.90 Å². The fourth-order valence-electron chi connectivity index (χ4n) is 1.23. The van der Waals surface area contributed by atoms with Gasteiger partial charge < -0.3 is 15.2 Å². The minimum atomic E-state index is -0.327. The van der Waals surface area contributed by atoms with E-state index in [2.05, 4.69) is 21.2 Å². The normalized spacial score (nSPS) is 12.2. The highest BCUT2D eigenvalue weighted by molar-refractivity contribution is 9.09. The lowest BCUT2D eigenvalue weighted by Gasteiger charge is -2.11. The molecule has 0 saturated heterocycles. The molecule has 0 spiro atoms. The number of carbonyl (C=O) groups excluding carboxylic acids is 1. The van der Waals surface area contributed by atoms with Gasteiger partial charge in [0, 0.05) is 13.7 Å². The zero-order valence-corrected chi connectivity index (χ0v) is 11.6. The summed E-state index contributed by atoms with van der Waals surface area (Å²) in [6, 6.07) is 4.24. The SMILES string of the molecule is COCC(Br)CNC(=O)c1cc(O)ccc1Cl. The summed E-state index contributed by atoms with van der Waals surface area (Å²) in [4.78, 5) is 11.8. The highest BCUT2D eigenvalue weighted by Crippen LogP contribution is 2.20. The predicted molar refractivity (Wildman–Crippen MR) is 70.0 cm³/mol. The number of nitrogens with one attached hydrogen (secondary N) is 1. The minimum absolute atomic E-state index is 0.00633. The number of phenolic OH excluding ortho intramolecular Hbond substituents is 1. The average Bonchev–Trinajstić information content (AvgIpc) is 2.29. The first kappa shape index (κ1) is 14.3. The van der Waals surface area contributed by atoms with Gasteiger partial charge in [-0.25, -0.2) is 0 Å². The first-order chi connectivity index (χ1) is 8.04. The second-order valence-electron chi connectivity index (χ2n) is 3.43. The van der Waals surface area contributed by atoms with Crippen LogP contribution in [0.2, 0.25) is 5.02 Å². The molecule has 0 aliphatic carbocycles. The number of methoxy groups -OCH3 is 1. The number of carbonyl (C=O) groups is 1. The van der Waals surface area contributed by atoms with Gasteiger partial charge in [-0.3, -0.25) is 4.79 Å². The lowest BCUT2D eigenvalue weighted by atomic mass is 10.2. The summed E-state index contributed by atoms with van der Waals surface area (Å²) in [5, 5.41) is 12.3. The molecule has 0 aliphatic rings. The summed E-state index contributed by atoms with van der Waals surface area (Å²) in [5.41, 5.74) is 0.254. The third kappa shape index (κ3) is 4.53. The quantitative estimate of drug-likeness (QED) is 0.817. The molecule has 1 aromatic carbocycles. The van der Waals surface area contributed by atoms with Gasteiger partial charge in [-0.1, -0.05) is 27.5 Å². The van der Waals surface area contributed by atoms with Crippen molar-refractivity contribution in [2.45, 2.75) is 4.83 Å². The molecule has 0 fully saturated rings. The van der Waals surface area contributed by atoms with Crippen molar-refractivity contribution in [2.24, 2.45) is 0 Å². The number of hydrogen-bond acceptors (Lipinski definition) is 3. The van der Waals surface area contributed by atoms with Crippen molar-refractivity contribution in [3.63, 3.8) is 0 Å². The molecule has 17 heavy (non-hydrogen) atoms. The fraction of sp³-hybridized carbons (Fsp3) is 0.364. The molecule has 0 aliphatic heterocycles. The van der Waals surface area contributed by atoms with Crippen molar-refractivity contribution in [1.29, 1.82) is 0 Å². The zero-order chi connectivity index (χ0) is 12.8. The maximum absolute atomic E-state index is 11.8. The van der Waals surface area contributed by atoms with E-state index in [1.54, 1.807) is 7.11 Å². The molecule has 0 aromatic heterocycles. The van der Waals surface area contributed by atoms with E-state index < -0.39 is 0 Å². The lowest BCUT2D eigenvalue weighted by molar-refractivity contribution is 0.0950. The van der Waals surface area contributed by atoms with Gasteiger partial charge in [-0.2, -0.15) is 0 Å². The Bertz CT molecular complexity index is 400. The van der Waals surface area contributed by atoms with E-state index >= 15 is 0 Å². The lowest BCUT2D eigenvalue weighted by Crippen LogP contribution is -2.31. The number of halogens is 2. The summed E-state index contributed by atoms with van der Waals surface area (Å²) >= 11 is 9.21. The van der Waals surface area contributed by atoms with Crippen LogP contribution in [0.3, 0.4) is 0 Å². The van der Waals surface area contributed by atoms with Crippen LogP contribution in [0, 0.1) is 0 Å². The van der Waals surface area contributed by atoms with Gasteiger partial charge in [0.2, 0.25) is 0 Å². The highest BCUT2D eigenvalue weighted by atomic mass is 79.9. The van der Waals surface area contributed by atoms with Gasteiger partial charge in [0.15, 0.2) is 0 Å². The van der Waals surface area contributed by atoms with Crippen LogP contribution in [0.15, 0.2) is 18.2 Å². The number of rotatable bonds is 5. The van der Waals surface area contributed by atoms with E-state index in [4.69, 9.17) is 16.3 Å². The Morgan fingerprint density at radius 3 is 3.00 bits per heavy atom. The molecular weight excluding hydrogens is 309 g/mol. The van der Waals surface area contributed by atoms with Crippen LogP contribution in [-0.2, 0) is 4.74 Å². The third-order valence-corrected chi connectivity index (χ3v) is 2.94. The summed E-state index contributed by atoms with van der Waals surface area (Å²) < 4.78 is 4.92. The van der Waals surface area contributed by atoms with E-state index in [0.29, 0.717) is 18.2 Å². The van der Waals surface area contributed by atoms with Gasteiger partial charge in [0.25, 0.3) is 5.91 Å². The molecule has 94 valence electrons. The van der Waals surface area contributed by atoms with Crippen LogP contribution in [0.25, 0.3) is 0 Å². The van der Waals surface area contributed by atoms with Gasteiger partial charge in [-0.15, -0.1) is 0 Å². The fourth-order valence-corrected chi connectivity index (χ4v) is 1.86. The van der Waals surface area contributed by atoms with Crippen LogP contribution in [0.4, 0.5) is 0 Å². The number of hydrogen-bond donors (Lipinski definition) is 2. The zero-order valence-electron chi connectivity index (χ0n) is 9.24. The number of benzene rings is 1. The Morgan fingerprint density at radius 1 is 1.65 bits per heavy atom. The minimum Gasteiger partial charge on any atom is -0.508 e. The van der Waals surface area contributed by atoms with Crippen molar-refractivity contribution in [3.05, 3.63) is 28.8 Å². The molecule has 1 atom stereocenters. The van der Waals surface area contributed by atoms with E-state index in [-0.39, 0.29) is 22.0 Å². The molecule has 6 heteroatoms. The first-order valence-corrected chi connectivity index (χ1v) is 6.23. The summed E-state index contributed by atoms with van der Waals surface area (Å²) in [6.07, 6.45) is 0. The second-order valence-corrected chi connectivity index (χ2v) is 5.13. The Morgan fingerprint density at radius 2 is 2.35 bits per heavy atom. The Balaban J connectivity index is 2.61. The Hall–Kier alpha value is -0.780. The standard InChI is InChI=1S/C11H13BrClNO3/c1-17-6-7(12)5-14-11(16)9-4-8(15)2-3-10(9)13/h2-4,7,15H,5-6H2,1H3,(H,14,16). The summed E-state index contributed by atoms with van der Waals surface area (Å²) in [5.74, 6) is -0.321. The first-order valence-electron chi connectivity index (χ1n) is 4.94. The van der Waals surface area contributed by atoms with Gasteiger partial charge >= 0.3 is 0 Å². The van der Waals surface area contributed by atoms with Crippen LogP contribution in [-0.4, -0.2) is 36.1 Å². The van der Waals surface area contributed by atoms with Gasteiger partial charge in [-0.05, 0) is 18.2 Å². The number of alkyl halides is 1. The molecule has 0 radical (unpaired) electrons. The molecule has 1 amide bonds. The number of phenols is 1. The Kier molecular flexibility index (Phi) is 5.74. The van der Waals surface area contributed by atoms with Crippen LogP contribution >= 0.6 is 27.5 Å². The summed E-state index contributed by atoms with van der Waals surface area (Å²) in [7, 11) is 1.59. The largest absolute Gasteiger partial charge is 0.508 e. The third-order valence-electron chi connectivity index (χ3n) is 2.03. The molecular formula is C11H13BrClNO3. The van der Waals surface area contributed by atoms with Gasteiger partial charge in [0.1, 0.15) is 5.75 Å². The van der Waals surface area contributed by atoms with Crippen LogP contribution in [0.1, 0.15) is 10.4 Å². The maximum Gasteiger partial charge on any atom is 0.252 e. The van der Waals surface area contributed by atoms with Crippen molar-refractivity contribution < 1.29 is 14.6 Å². The molecule has 4 nitrogen and oxygen atoms in total. The van der Waals surface area contributed by atoms with E-state index in [0.717, 1.165) is 0 Å². The van der Waals surface area contributed by atoms with E-state index in [1.807, 2.05) is 0 Å². The van der Waals surface area contributed by atoms with Crippen molar-refractivity contribution in [3.8, 4) is 5.75 Å². The highest BCUT2D eigenvalue weighted by Gasteiger charge is 2.12. The molecule has 1 unspecified atom stereocenters. The molecule has 1 rings (SSSR count). The second kappa shape index (κ2) is 6.83. The molecule has 0 bridgehead atoms. The van der Waals surface area contributed by atoms with Crippen molar-refractivity contribution >= 4 is 33.4 Å². The average molecular weight is 323 g/mol.